The fourth-order valence-electron chi connectivity index (χ4n) is 1.99. The normalized spacial score (nSPS) is 24.4. The number of aliphatic hydroxyl groups is 1. The van der Waals surface area contributed by atoms with E-state index in [1.165, 1.54) is 0 Å². The van der Waals surface area contributed by atoms with Gasteiger partial charge < -0.3 is 5.11 Å². The van der Waals surface area contributed by atoms with Crippen LogP contribution in [0.1, 0.15) is 32.3 Å². The van der Waals surface area contributed by atoms with Gasteiger partial charge in [0.1, 0.15) is 0 Å². The van der Waals surface area contributed by atoms with Crippen molar-refractivity contribution in [3.05, 3.63) is 29.8 Å². The van der Waals surface area contributed by atoms with Crippen LogP contribution in [0, 0.1) is 0 Å². The van der Waals surface area contributed by atoms with Crippen molar-refractivity contribution < 1.29 is 9.90 Å². The first-order valence-corrected chi connectivity index (χ1v) is 5.88. The fourth-order valence-corrected chi connectivity index (χ4v) is 1.99. The zero-order valence-corrected chi connectivity index (χ0v) is 10.2. The molecule has 1 fully saturated rings. The number of amides is 1. The molecule has 1 aromatic rings. The van der Waals surface area contributed by atoms with Crippen LogP contribution in [0.4, 0.5) is 5.69 Å². The summed E-state index contributed by atoms with van der Waals surface area (Å²) in [6, 6.07) is 7.37. The molecule has 0 aromatic heterocycles. The van der Waals surface area contributed by atoms with E-state index >= 15 is 0 Å². The van der Waals surface area contributed by atoms with Crippen LogP contribution < -0.4 is 10.4 Å². The molecule has 2 N–H and O–H groups in total. The third-order valence-corrected chi connectivity index (χ3v) is 3.30. The molecule has 4 nitrogen and oxygen atoms in total. The predicted molar refractivity (Wildman–Crippen MR) is 66.3 cm³/mol. The third kappa shape index (κ3) is 2.33. The Morgan fingerprint density at radius 3 is 2.88 bits per heavy atom. The van der Waals surface area contributed by atoms with Gasteiger partial charge in [-0.25, -0.2) is 10.4 Å². The summed E-state index contributed by atoms with van der Waals surface area (Å²) in [6.45, 7) is 4.09. The quantitative estimate of drug-likeness (QED) is 0.835. The molecule has 0 spiro atoms. The van der Waals surface area contributed by atoms with E-state index < -0.39 is 0 Å². The number of rotatable bonds is 3. The van der Waals surface area contributed by atoms with E-state index in [1.54, 1.807) is 5.01 Å². The van der Waals surface area contributed by atoms with Crippen LogP contribution in [0.2, 0.25) is 0 Å². The molecule has 2 rings (SSSR count). The molecule has 0 bridgehead atoms. The van der Waals surface area contributed by atoms with E-state index in [-0.39, 0.29) is 18.1 Å². The average molecular weight is 234 g/mol. The number of benzene rings is 1. The van der Waals surface area contributed by atoms with Gasteiger partial charge in [-0.05, 0) is 31.0 Å². The van der Waals surface area contributed by atoms with Gasteiger partial charge in [-0.15, -0.1) is 0 Å². The first-order valence-electron chi connectivity index (χ1n) is 5.88. The van der Waals surface area contributed by atoms with Crippen LogP contribution in [0.3, 0.4) is 0 Å². The first-order chi connectivity index (χ1) is 8.08. The van der Waals surface area contributed by atoms with Gasteiger partial charge in [0.25, 0.3) is 0 Å². The topological polar surface area (TPSA) is 52.6 Å². The van der Waals surface area contributed by atoms with Gasteiger partial charge in [0.15, 0.2) is 0 Å². The Morgan fingerprint density at radius 1 is 1.53 bits per heavy atom. The number of carbonyl (C=O) groups is 1. The highest BCUT2D eigenvalue weighted by Crippen LogP contribution is 2.27. The Labute approximate surface area is 101 Å². The lowest BCUT2D eigenvalue weighted by molar-refractivity contribution is -0.117. The lowest BCUT2D eigenvalue weighted by Crippen LogP contribution is -2.44. The monoisotopic (exact) mass is 234 g/mol. The van der Waals surface area contributed by atoms with Crippen molar-refractivity contribution in [1.82, 2.24) is 5.43 Å². The molecule has 0 radical (unpaired) electrons. The highest BCUT2D eigenvalue weighted by Gasteiger charge is 2.38. The molecule has 0 saturated carbocycles. The first kappa shape index (κ1) is 12.1. The summed E-state index contributed by atoms with van der Waals surface area (Å²) in [5.41, 5.74) is 4.67. The zero-order chi connectivity index (χ0) is 12.5. The molecular weight excluding hydrogens is 216 g/mol. The summed E-state index contributed by atoms with van der Waals surface area (Å²) in [5.74, 6) is 0.0736. The van der Waals surface area contributed by atoms with Crippen LogP contribution in [-0.2, 0) is 11.4 Å². The average Bonchev–Trinajstić information content (AvgIpc) is 2.66. The number of anilines is 1. The number of hydrogen-bond donors (Lipinski definition) is 2. The van der Waals surface area contributed by atoms with E-state index in [2.05, 4.69) is 12.3 Å². The minimum absolute atomic E-state index is 0.0130. The number of nitrogens with zero attached hydrogens (tertiary/aromatic N) is 1. The molecule has 1 unspecified atom stereocenters. The molecule has 1 amide bonds. The van der Waals surface area contributed by atoms with E-state index in [0.717, 1.165) is 17.7 Å². The second-order valence-electron chi connectivity index (χ2n) is 4.76. The standard InChI is InChI=1S/C13H18N2O2/c1-3-13(2)8-12(17)15(14-13)11-6-4-5-10(7-11)9-16/h4-7,14,16H,3,8-9H2,1-2H3. The summed E-state index contributed by atoms with van der Waals surface area (Å²) in [6.07, 6.45) is 1.40. The van der Waals surface area contributed by atoms with Crippen molar-refractivity contribution in [3.63, 3.8) is 0 Å². The maximum absolute atomic E-state index is 11.9. The summed E-state index contributed by atoms with van der Waals surface area (Å²) in [5, 5.41) is 10.7. The Bertz CT molecular complexity index is 433. The number of hydrogen-bond acceptors (Lipinski definition) is 3. The molecule has 92 valence electrons. The summed E-state index contributed by atoms with van der Waals surface area (Å²) >= 11 is 0. The van der Waals surface area contributed by atoms with Gasteiger partial charge in [0, 0.05) is 12.0 Å². The Morgan fingerprint density at radius 2 is 2.29 bits per heavy atom. The Balaban J connectivity index is 2.25. The zero-order valence-electron chi connectivity index (χ0n) is 10.2. The molecule has 1 aliphatic heterocycles. The number of hydrazine groups is 1. The van der Waals surface area contributed by atoms with Gasteiger partial charge in [0.2, 0.25) is 5.91 Å². The van der Waals surface area contributed by atoms with E-state index in [4.69, 9.17) is 5.11 Å². The van der Waals surface area contributed by atoms with Crippen molar-refractivity contribution in [3.8, 4) is 0 Å². The van der Waals surface area contributed by atoms with Gasteiger partial charge in [-0.1, -0.05) is 19.1 Å². The van der Waals surface area contributed by atoms with Crippen molar-refractivity contribution in [2.24, 2.45) is 0 Å². The van der Waals surface area contributed by atoms with Crippen LogP contribution in [0.25, 0.3) is 0 Å². The van der Waals surface area contributed by atoms with Gasteiger partial charge in [-0.2, -0.15) is 0 Å². The van der Waals surface area contributed by atoms with Gasteiger partial charge in [0.05, 0.1) is 12.3 Å². The maximum atomic E-state index is 11.9. The molecule has 1 aromatic carbocycles. The van der Waals surface area contributed by atoms with E-state index in [0.29, 0.717) is 6.42 Å². The van der Waals surface area contributed by atoms with Crippen LogP contribution in [0.15, 0.2) is 24.3 Å². The molecule has 17 heavy (non-hydrogen) atoms. The van der Waals surface area contributed by atoms with Crippen LogP contribution in [0.5, 0.6) is 0 Å². The number of carbonyl (C=O) groups excluding carboxylic acids is 1. The van der Waals surface area contributed by atoms with Crippen molar-refractivity contribution in [2.75, 3.05) is 5.01 Å². The molecule has 1 heterocycles. The molecule has 0 aliphatic carbocycles. The highest BCUT2D eigenvalue weighted by atomic mass is 16.3. The predicted octanol–water partition coefficient (Wildman–Crippen LogP) is 1.59. The highest BCUT2D eigenvalue weighted by molar-refractivity contribution is 5.95. The van der Waals surface area contributed by atoms with E-state index in [9.17, 15) is 4.79 Å². The van der Waals surface area contributed by atoms with Gasteiger partial charge in [-0.3, -0.25) is 4.79 Å². The fraction of sp³-hybridized carbons (Fsp3) is 0.462. The molecule has 1 aliphatic rings. The maximum Gasteiger partial charge on any atom is 0.243 e. The Hall–Kier alpha value is -1.39. The Kier molecular flexibility index (Phi) is 3.17. The van der Waals surface area contributed by atoms with Crippen molar-refractivity contribution in [2.45, 2.75) is 38.8 Å². The minimum Gasteiger partial charge on any atom is -0.392 e. The summed E-state index contributed by atoms with van der Waals surface area (Å²) in [4.78, 5) is 11.9. The molecule has 1 saturated heterocycles. The van der Waals surface area contributed by atoms with E-state index in [1.807, 2.05) is 31.2 Å². The smallest absolute Gasteiger partial charge is 0.243 e. The lowest BCUT2D eigenvalue weighted by atomic mass is 9.97. The van der Waals surface area contributed by atoms with Crippen molar-refractivity contribution in [1.29, 1.82) is 0 Å². The van der Waals surface area contributed by atoms with Crippen LogP contribution in [-0.4, -0.2) is 16.6 Å². The molecular formula is C13H18N2O2. The largest absolute Gasteiger partial charge is 0.392 e. The van der Waals surface area contributed by atoms with Crippen molar-refractivity contribution >= 4 is 11.6 Å². The summed E-state index contributed by atoms with van der Waals surface area (Å²) in [7, 11) is 0. The number of nitrogens with one attached hydrogen (secondary N) is 1. The third-order valence-electron chi connectivity index (χ3n) is 3.30. The summed E-state index contributed by atoms with van der Waals surface area (Å²) < 4.78 is 0. The lowest BCUT2D eigenvalue weighted by Gasteiger charge is -2.24. The SMILES string of the molecule is CCC1(C)CC(=O)N(c2cccc(CO)c2)N1. The molecule has 4 heteroatoms. The molecule has 1 atom stereocenters. The second-order valence-corrected chi connectivity index (χ2v) is 4.76. The van der Waals surface area contributed by atoms with Gasteiger partial charge >= 0.3 is 0 Å². The van der Waals surface area contributed by atoms with Crippen LogP contribution >= 0.6 is 0 Å². The number of aliphatic hydroxyl groups excluding tert-OH is 1. The minimum atomic E-state index is -0.160. The second kappa shape index (κ2) is 4.47.